The molecule has 1 fully saturated rings. The van der Waals surface area contributed by atoms with Gasteiger partial charge in [-0.2, -0.15) is 0 Å². The fourth-order valence-electron chi connectivity index (χ4n) is 2.49. The van der Waals surface area contributed by atoms with Crippen molar-refractivity contribution in [2.45, 2.75) is 0 Å². The maximum Gasteiger partial charge on any atom is 0.341 e. The van der Waals surface area contributed by atoms with Gasteiger partial charge in [0.1, 0.15) is 5.70 Å². The van der Waals surface area contributed by atoms with Crippen molar-refractivity contribution < 1.29 is 24.2 Å². The van der Waals surface area contributed by atoms with Gasteiger partial charge in [0.05, 0.1) is 15.2 Å². The van der Waals surface area contributed by atoms with Gasteiger partial charge in [0.25, 0.3) is 5.91 Å². The van der Waals surface area contributed by atoms with Gasteiger partial charge < -0.3 is 15.2 Å². The van der Waals surface area contributed by atoms with E-state index in [0.717, 1.165) is 4.90 Å². The highest BCUT2D eigenvalue weighted by Gasteiger charge is 2.35. The number of carboxylic acid groups (broad SMARTS) is 1. The largest absolute Gasteiger partial charge is 0.479 e. The quantitative estimate of drug-likeness (QED) is 0.485. The van der Waals surface area contributed by atoms with Crippen LogP contribution in [0.25, 0.3) is 6.08 Å². The molecule has 0 radical (unpaired) electrons. The highest BCUT2D eigenvalue weighted by atomic mass is 79.9. The number of rotatable bonds is 5. The first-order valence-corrected chi connectivity index (χ1v) is 9.27. The number of halogens is 3. The molecule has 144 valence electrons. The zero-order valence-corrected chi connectivity index (χ0v) is 17.0. The molecule has 0 unspecified atom stereocenters. The van der Waals surface area contributed by atoms with E-state index in [0.29, 0.717) is 20.7 Å². The number of anilines is 1. The Hall–Kier alpha value is -2.55. The van der Waals surface area contributed by atoms with E-state index >= 15 is 0 Å². The first kappa shape index (κ1) is 20.2. The van der Waals surface area contributed by atoms with Gasteiger partial charge in [-0.3, -0.25) is 4.79 Å². The minimum atomic E-state index is -1.14. The molecule has 3 rings (SSSR count). The monoisotopic (exact) mass is 484 g/mol. The minimum absolute atomic E-state index is 0.0483. The van der Waals surface area contributed by atoms with Crippen LogP contribution in [-0.2, 0) is 9.59 Å². The molecule has 0 bridgehead atoms. The number of amides is 3. The van der Waals surface area contributed by atoms with Gasteiger partial charge in [-0.15, -0.1) is 0 Å². The molecule has 2 aromatic rings. The molecule has 0 atom stereocenters. The molecule has 0 spiro atoms. The zero-order valence-electron chi connectivity index (χ0n) is 13.9. The average molecular weight is 486 g/mol. The number of carboxylic acids is 1. The van der Waals surface area contributed by atoms with Crippen molar-refractivity contribution in [2.24, 2.45) is 0 Å². The zero-order chi connectivity index (χ0) is 20.4. The lowest BCUT2D eigenvalue weighted by atomic mass is 10.1. The predicted octanol–water partition coefficient (Wildman–Crippen LogP) is 4.32. The predicted molar refractivity (Wildman–Crippen MR) is 108 cm³/mol. The summed E-state index contributed by atoms with van der Waals surface area (Å²) in [6.45, 7) is -0.554. The van der Waals surface area contributed by atoms with E-state index in [4.69, 9.17) is 33.0 Å². The summed E-state index contributed by atoms with van der Waals surface area (Å²) in [6.07, 6.45) is 1.45. The van der Waals surface area contributed by atoms with Crippen molar-refractivity contribution in [3.63, 3.8) is 0 Å². The second-order valence-electron chi connectivity index (χ2n) is 5.60. The molecule has 3 amide bonds. The van der Waals surface area contributed by atoms with Crippen molar-refractivity contribution in [1.82, 2.24) is 5.32 Å². The van der Waals surface area contributed by atoms with Crippen LogP contribution in [0.5, 0.6) is 5.75 Å². The number of carbonyl (C=O) groups is 3. The number of benzene rings is 2. The van der Waals surface area contributed by atoms with Crippen LogP contribution in [-0.4, -0.2) is 29.6 Å². The number of carbonyl (C=O) groups excluding carboxylic acids is 2. The molecule has 2 aromatic carbocycles. The average Bonchev–Trinajstić information content (AvgIpc) is 2.87. The van der Waals surface area contributed by atoms with Crippen LogP contribution in [0.4, 0.5) is 10.5 Å². The van der Waals surface area contributed by atoms with Gasteiger partial charge in [-0.25, -0.2) is 14.5 Å². The van der Waals surface area contributed by atoms with Crippen molar-refractivity contribution in [3.05, 3.63) is 62.2 Å². The van der Waals surface area contributed by atoms with Crippen LogP contribution < -0.4 is 15.0 Å². The summed E-state index contributed by atoms with van der Waals surface area (Å²) >= 11 is 15.3. The Morgan fingerprint density at radius 1 is 1.25 bits per heavy atom. The summed E-state index contributed by atoms with van der Waals surface area (Å²) in [4.78, 5) is 36.5. The first-order chi connectivity index (χ1) is 13.3. The van der Waals surface area contributed by atoms with Gasteiger partial charge in [0.15, 0.2) is 12.4 Å². The fourth-order valence-corrected chi connectivity index (χ4v) is 3.66. The maximum absolute atomic E-state index is 12.6. The molecule has 1 saturated heterocycles. The van der Waals surface area contributed by atoms with Crippen LogP contribution >= 0.6 is 39.1 Å². The van der Waals surface area contributed by atoms with E-state index < -0.39 is 24.5 Å². The van der Waals surface area contributed by atoms with E-state index in [1.165, 1.54) is 18.2 Å². The van der Waals surface area contributed by atoms with Crippen molar-refractivity contribution in [1.29, 1.82) is 0 Å². The summed E-state index contributed by atoms with van der Waals surface area (Å²) in [5, 5.41) is 11.7. The highest BCUT2D eigenvalue weighted by Crippen LogP contribution is 2.35. The molecule has 28 heavy (non-hydrogen) atoms. The molecule has 0 aliphatic carbocycles. The number of aliphatic carboxylic acids is 1. The summed E-state index contributed by atoms with van der Waals surface area (Å²) in [5.74, 6) is -1.53. The number of imide groups is 1. The van der Waals surface area contributed by atoms with Crippen molar-refractivity contribution in [2.75, 3.05) is 11.5 Å². The number of hydrogen-bond donors (Lipinski definition) is 2. The first-order valence-electron chi connectivity index (χ1n) is 7.72. The smallest absolute Gasteiger partial charge is 0.341 e. The molecule has 10 heteroatoms. The molecule has 1 aliphatic heterocycles. The van der Waals surface area contributed by atoms with Gasteiger partial charge in [-0.05, 0) is 57.9 Å². The third kappa shape index (κ3) is 4.30. The summed E-state index contributed by atoms with van der Waals surface area (Å²) in [5.41, 5.74) is 0.887. The van der Waals surface area contributed by atoms with E-state index in [1.54, 1.807) is 24.3 Å². The van der Waals surface area contributed by atoms with E-state index in [9.17, 15) is 14.4 Å². The lowest BCUT2D eigenvalue weighted by Crippen LogP contribution is -2.30. The molecule has 0 saturated carbocycles. The van der Waals surface area contributed by atoms with Crippen LogP contribution in [0, 0.1) is 0 Å². The molecule has 1 aliphatic rings. The van der Waals surface area contributed by atoms with Crippen LogP contribution in [0.1, 0.15) is 5.56 Å². The Labute approximate surface area is 177 Å². The van der Waals surface area contributed by atoms with Crippen LogP contribution in [0.2, 0.25) is 10.0 Å². The lowest BCUT2D eigenvalue weighted by Gasteiger charge is -2.11. The van der Waals surface area contributed by atoms with Crippen LogP contribution in [0.15, 0.2) is 46.6 Å². The molecule has 0 aromatic heterocycles. The highest BCUT2D eigenvalue weighted by molar-refractivity contribution is 9.10. The SMILES string of the molecule is O=C(O)COc1c(Cl)cc(/C=C2/NC(=O)N(c3cccc(Cl)c3)C2=O)cc1Br. The standard InChI is InChI=1S/C18H11BrCl2N2O5/c19-12-4-9(5-13(21)16(12)28-8-15(24)25)6-14-17(26)23(18(27)22-14)11-3-1-2-10(20)7-11/h1-7H,8H2,(H,22,27)(H,24,25)/b14-6+. The Morgan fingerprint density at radius 3 is 2.64 bits per heavy atom. The molecule has 1 heterocycles. The second-order valence-corrected chi connectivity index (χ2v) is 7.30. The summed E-state index contributed by atoms with van der Waals surface area (Å²) in [7, 11) is 0. The number of nitrogens with zero attached hydrogens (tertiary/aromatic N) is 1. The number of hydrogen-bond acceptors (Lipinski definition) is 4. The molecular weight excluding hydrogens is 475 g/mol. The normalized spacial score (nSPS) is 15.1. The van der Waals surface area contributed by atoms with Gasteiger partial charge in [-0.1, -0.05) is 29.3 Å². The van der Waals surface area contributed by atoms with E-state index in [2.05, 4.69) is 21.2 Å². The van der Waals surface area contributed by atoms with E-state index in [1.807, 2.05) is 0 Å². The number of urea groups is 1. The second kappa shape index (κ2) is 8.22. The van der Waals surface area contributed by atoms with Crippen molar-refractivity contribution in [3.8, 4) is 5.75 Å². The Balaban J connectivity index is 1.89. The van der Waals surface area contributed by atoms with Gasteiger partial charge in [0.2, 0.25) is 0 Å². The third-order valence-corrected chi connectivity index (χ3v) is 4.72. The van der Waals surface area contributed by atoms with E-state index in [-0.39, 0.29) is 16.5 Å². The molecule has 7 nitrogen and oxygen atoms in total. The number of nitrogens with one attached hydrogen (secondary N) is 1. The Kier molecular flexibility index (Phi) is 5.93. The number of ether oxygens (including phenoxy) is 1. The van der Waals surface area contributed by atoms with Crippen LogP contribution in [0.3, 0.4) is 0 Å². The van der Waals surface area contributed by atoms with Crippen molar-refractivity contribution >= 4 is 68.8 Å². The lowest BCUT2D eigenvalue weighted by molar-refractivity contribution is -0.139. The molecular formula is C18H11BrCl2N2O5. The summed E-state index contributed by atoms with van der Waals surface area (Å²) in [6, 6.07) is 8.82. The topological polar surface area (TPSA) is 95.9 Å². The minimum Gasteiger partial charge on any atom is -0.479 e. The third-order valence-electron chi connectivity index (χ3n) is 3.62. The van der Waals surface area contributed by atoms with Gasteiger partial charge >= 0.3 is 12.0 Å². The fraction of sp³-hybridized carbons (Fsp3) is 0.0556. The summed E-state index contributed by atoms with van der Waals surface area (Å²) < 4.78 is 5.52. The Morgan fingerprint density at radius 2 is 2.00 bits per heavy atom. The molecule has 2 N–H and O–H groups in total. The Bertz CT molecular complexity index is 1000. The van der Waals surface area contributed by atoms with Gasteiger partial charge in [0, 0.05) is 5.02 Å². The maximum atomic E-state index is 12.6.